The van der Waals surface area contributed by atoms with Crippen LogP contribution < -0.4 is 4.74 Å². The Bertz CT molecular complexity index is 766. The Hall–Kier alpha value is -1.92. The van der Waals surface area contributed by atoms with Gasteiger partial charge >= 0.3 is 0 Å². The molecule has 0 aromatic heterocycles. The summed E-state index contributed by atoms with van der Waals surface area (Å²) in [5.74, 6) is 0.603. The number of aryl methyl sites for hydroxylation is 1. The van der Waals surface area contributed by atoms with Gasteiger partial charge in [-0.25, -0.2) is 4.39 Å². The molecule has 0 radical (unpaired) electrons. The zero-order valence-corrected chi connectivity index (χ0v) is 16.2. The van der Waals surface area contributed by atoms with E-state index >= 15 is 0 Å². The molecule has 2 aromatic rings. The summed E-state index contributed by atoms with van der Waals surface area (Å²) >= 11 is 3.47. The van der Waals surface area contributed by atoms with Crippen LogP contribution in [0.3, 0.4) is 0 Å². The highest BCUT2D eigenvalue weighted by atomic mass is 79.9. The van der Waals surface area contributed by atoms with Crippen molar-refractivity contribution in [3.63, 3.8) is 0 Å². The maximum Gasteiger partial charge on any atom is 0.223 e. The Morgan fingerprint density at radius 2 is 2.08 bits per heavy atom. The minimum atomic E-state index is -0.275. The van der Waals surface area contributed by atoms with Crippen LogP contribution in [0.1, 0.15) is 23.7 Å². The van der Waals surface area contributed by atoms with E-state index in [9.17, 15) is 9.18 Å². The molecule has 1 amide bonds. The van der Waals surface area contributed by atoms with Crippen LogP contribution in [0.4, 0.5) is 4.39 Å². The Balaban J connectivity index is 1.57. The molecule has 0 saturated carbocycles. The lowest BCUT2D eigenvalue weighted by Gasteiger charge is -2.33. The highest BCUT2D eigenvalue weighted by molar-refractivity contribution is 9.10. The van der Waals surface area contributed by atoms with E-state index in [1.807, 2.05) is 23.1 Å². The first-order valence-electron chi connectivity index (χ1n) is 8.54. The van der Waals surface area contributed by atoms with Crippen LogP contribution in [-0.4, -0.2) is 37.6 Å². The summed E-state index contributed by atoms with van der Waals surface area (Å²) in [6.45, 7) is 1.57. The number of hydrogen-bond donors (Lipinski definition) is 0. The second kappa shape index (κ2) is 8.64. The predicted octanol–water partition coefficient (Wildman–Crippen LogP) is 4.13. The van der Waals surface area contributed by atoms with Crippen LogP contribution in [-0.2, 0) is 16.0 Å². The van der Waals surface area contributed by atoms with Gasteiger partial charge < -0.3 is 14.4 Å². The molecule has 1 fully saturated rings. The SMILES string of the molecule is COc1ccc(CCC(=O)N2CCOC(c3ccc(F)cc3)C2)cc1Br. The summed E-state index contributed by atoms with van der Waals surface area (Å²) in [6.07, 6.45) is 0.901. The van der Waals surface area contributed by atoms with E-state index in [2.05, 4.69) is 15.9 Å². The topological polar surface area (TPSA) is 38.8 Å². The maximum absolute atomic E-state index is 13.1. The van der Waals surface area contributed by atoms with Crippen molar-refractivity contribution in [1.29, 1.82) is 0 Å². The molecule has 4 nitrogen and oxygen atoms in total. The van der Waals surface area contributed by atoms with Gasteiger partial charge in [0.2, 0.25) is 5.91 Å². The molecule has 1 unspecified atom stereocenters. The van der Waals surface area contributed by atoms with Gasteiger partial charge in [0.25, 0.3) is 0 Å². The van der Waals surface area contributed by atoms with Crippen LogP contribution in [0.15, 0.2) is 46.9 Å². The first kappa shape index (κ1) is 18.9. The predicted molar refractivity (Wildman–Crippen MR) is 101 cm³/mol. The number of halogens is 2. The number of carbonyl (C=O) groups excluding carboxylic acids is 1. The smallest absolute Gasteiger partial charge is 0.223 e. The molecular weight excluding hydrogens is 401 g/mol. The first-order chi connectivity index (χ1) is 12.6. The quantitative estimate of drug-likeness (QED) is 0.728. The third-order valence-corrected chi connectivity index (χ3v) is 5.12. The van der Waals surface area contributed by atoms with Crippen molar-refractivity contribution in [3.8, 4) is 5.75 Å². The second-order valence-electron chi connectivity index (χ2n) is 6.22. The van der Waals surface area contributed by atoms with Gasteiger partial charge in [-0.05, 0) is 57.7 Å². The van der Waals surface area contributed by atoms with Gasteiger partial charge in [-0.2, -0.15) is 0 Å². The van der Waals surface area contributed by atoms with Crippen molar-refractivity contribution in [3.05, 3.63) is 63.9 Å². The molecule has 0 N–H and O–H groups in total. The molecule has 1 atom stereocenters. The minimum absolute atomic E-state index is 0.104. The van der Waals surface area contributed by atoms with Crippen molar-refractivity contribution in [2.75, 3.05) is 26.8 Å². The van der Waals surface area contributed by atoms with Gasteiger partial charge in [0, 0.05) is 13.0 Å². The largest absolute Gasteiger partial charge is 0.496 e. The summed E-state index contributed by atoms with van der Waals surface area (Å²) in [5.41, 5.74) is 1.97. The van der Waals surface area contributed by atoms with E-state index in [0.29, 0.717) is 32.5 Å². The summed E-state index contributed by atoms with van der Waals surface area (Å²) in [5, 5.41) is 0. The minimum Gasteiger partial charge on any atom is -0.496 e. The summed E-state index contributed by atoms with van der Waals surface area (Å²) in [6, 6.07) is 12.1. The lowest BCUT2D eigenvalue weighted by Crippen LogP contribution is -2.42. The molecule has 1 aliphatic rings. The van der Waals surface area contributed by atoms with Crippen molar-refractivity contribution in [1.82, 2.24) is 4.90 Å². The van der Waals surface area contributed by atoms with Crippen LogP contribution in [0.25, 0.3) is 0 Å². The van der Waals surface area contributed by atoms with E-state index in [-0.39, 0.29) is 17.8 Å². The fraction of sp³-hybridized carbons (Fsp3) is 0.350. The normalized spacial score (nSPS) is 17.2. The number of methoxy groups -OCH3 is 1. The van der Waals surface area contributed by atoms with Gasteiger partial charge in [-0.15, -0.1) is 0 Å². The van der Waals surface area contributed by atoms with Gasteiger partial charge in [0.15, 0.2) is 0 Å². The summed E-state index contributed by atoms with van der Waals surface area (Å²) in [7, 11) is 1.62. The lowest BCUT2D eigenvalue weighted by atomic mass is 10.1. The van der Waals surface area contributed by atoms with E-state index in [1.54, 1.807) is 19.2 Å². The maximum atomic E-state index is 13.1. The number of morpholine rings is 1. The third-order valence-electron chi connectivity index (χ3n) is 4.50. The molecule has 138 valence electrons. The third kappa shape index (κ3) is 4.62. The fourth-order valence-corrected chi connectivity index (χ4v) is 3.62. The number of amides is 1. The molecule has 6 heteroatoms. The molecule has 1 heterocycles. The second-order valence-corrected chi connectivity index (χ2v) is 7.07. The van der Waals surface area contributed by atoms with Crippen molar-refractivity contribution in [2.45, 2.75) is 18.9 Å². The van der Waals surface area contributed by atoms with E-state index < -0.39 is 0 Å². The Labute approximate surface area is 161 Å². The highest BCUT2D eigenvalue weighted by Gasteiger charge is 2.25. The Morgan fingerprint density at radius 1 is 1.31 bits per heavy atom. The van der Waals surface area contributed by atoms with Crippen molar-refractivity contribution in [2.24, 2.45) is 0 Å². The number of benzene rings is 2. The monoisotopic (exact) mass is 421 g/mol. The lowest BCUT2D eigenvalue weighted by molar-refractivity contribution is -0.139. The van der Waals surface area contributed by atoms with E-state index in [0.717, 1.165) is 21.3 Å². The van der Waals surface area contributed by atoms with Gasteiger partial charge in [0.1, 0.15) is 17.7 Å². The van der Waals surface area contributed by atoms with Gasteiger partial charge in [0.05, 0.1) is 24.7 Å². The average molecular weight is 422 g/mol. The zero-order chi connectivity index (χ0) is 18.5. The Morgan fingerprint density at radius 3 is 2.77 bits per heavy atom. The standard InChI is InChI=1S/C20H21BrFNO3/c1-25-18-8-2-14(12-17(18)21)3-9-20(24)23-10-11-26-19(13-23)15-4-6-16(22)7-5-15/h2,4-8,12,19H,3,9-11,13H2,1H3. The molecule has 0 aliphatic carbocycles. The summed E-state index contributed by atoms with van der Waals surface area (Å²) < 4.78 is 24.9. The van der Waals surface area contributed by atoms with Gasteiger partial charge in [-0.3, -0.25) is 4.79 Å². The van der Waals surface area contributed by atoms with E-state index in [1.165, 1.54) is 12.1 Å². The Kier molecular flexibility index (Phi) is 6.27. The first-order valence-corrected chi connectivity index (χ1v) is 9.33. The van der Waals surface area contributed by atoms with E-state index in [4.69, 9.17) is 9.47 Å². The zero-order valence-electron chi connectivity index (χ0n) is 14.6. The van der Waals surface area contributed by atoms with Crippen molar-refractivity contribution < 1.29 is 18.7 Å². The average Bonchev–Trinajstić information content (AvgIpc) is 2.67. The molecule has 1 aliphatic heterocycles. The van der Waals surface area contributed by atoms with Gasteiger partial charge in [-0.1, -0.05) is 18.2 Å². The highest BCUT2D eigenvalue weighted by Crippen LogP contribution is 2.27. The molecular formula is C20H21BrFNO3. The molecule has 2 aromatic carbocycles. The van der Waals surface area contributed by atoms with Crippen LogP contribution in [0.5, 0.6) is 5.75 Å². The molecule has 1 saturated heterocycles. The van der Waals surface area contributed by atoms with Crippen LogP contribution in [0, 0.1) is 5.82 Å². The molecule has 0 spiro atoms. The molecule has 0 bridgehead atoms. The van der Waals surface area contributed by atoms with Crippen LogP contribution in [0.2, 0.25) is 0 Å². The molecule has 3 rings (SSSR count). The molecule has 26 heavy (non-hydrogen) atoms. The fourth-order valence-electron chi connectivity index (χ4n) is 3.03. The number of ether oxygens (including phenoxy) is 2. The summed E-state index contributed by atoms with van der Waals surface area (Å²) in [4.78, 5) is 14.4. The number of rotatable bonds is 5. The van der Waals surface area contributed by atoms with Crippen LogP contribution >= 0.6 is 15.9 Å². The number of hydrogen-bond acceptors (Lipinski definition) is 3. The van der Waals surface area contributed by atoms with Crippen molar-refractivity contribution >= 4 is 21.8 Å². The number of nitrogens with zero attached hydrogens (tertiary/aromatic N) is 1. The number of carbonyl (C=O) groups is 1.